The molecule has 0 bridgehead atoms. The normalized spacial score (nSPS) is 11.6. The van der Waals surface area contributed by atoms with E-state index in [-0.39, 0.29) is 23.0 Å². The van der Waals surface area contributed by atoms with Crippen molar-refractivity contribution in [1.82, 2.24) is 9.71 Å². The number of benzene rings is 1. The van der Waals surface area contributed by atoms with Crippen LogP contribution in [0.25, 0.3) is 0 Å². The van der Waals surface area contributed by atoms with E-state index in [0.29, 0.717) is 10.6 Å². The van der Waals surface area contributed by atoms with Crippen LogP contribution in [0.5, 0.6) is 0 Å². The van der Waals surface area contributed by atoms with Gasteiger partial charge in [-0.15, -0.1) is 0 Å². The highest BCUT2D eigenvalue weighted by Gasteiger charge is 2.20. The lowest BCUT2D eigenvalue weighted by atomic mass is 10.2. The Bertz CT molecular complexity index is 737. The maximum Gasteiger partial charge on any atom is 0.242 e. The molecule has 21 heavy (non-hydrogen) atoms. The molecule has 3 N–H and O–H groups in total. The fourth-order valence-corrected chi connectivity index (χ4v) is 3.68. The number of hydrogen-bond donors (Lipinski definition) is 2. The van der Waals surface area contributed by atoms with E-state index in [1.54, 1.807) is 24.5 Å². The van der Waals surface area contributed by atoms with Crippen LogP contribution >= 0.6 is 23.2 Å². The predicted molar refractivity (Wildman–Crippen MR) is 82.6 cm³/mol. The largest absolute Gasteiger partial charge is 0.326 e. The van der Waals surface area contributed by atoms with Crippen molar-refractivity contribution >= 4 is 33.2 Å². The van der Waals surface area contributed by atoms with Crippen LogP contribution in [0, 0.1) is 0 Å². The summed E-state index contributed by atoms with van der Waals surface area (Å²) < 4.78 is 27.1. The Morgan fingerprint density at radius 3 is 2.43 bits per heavy atom. The zero-order chi connectivity index (χ0) is 15.5. The van der Waals surface area contributed by atoms with Gasteiger partial charge in [0.1, 0.15) is 4.90 Å². The van der Waals surface area contributed by atoms with E-state index in [1.165, 1.54) is 12.1 Å². The van der Waals surface area contributed by atoms with Gasteiger partial charge >= 0.3 is 0 Å². The van der Waals surface area contributed by atoms with E-state index in [9.17, 15) is 8.42 Å². The van der Waals surface area contributed by atoms with Crippen LogP contribution < -0.4 is 10.5 Å². The second-order valence-electron chi connectivity index (χ2n) is 4.22. The first-order valence-corrected chi connectivity index (χ1v) is 8.25. The minimum atomic E-state index is -3.76. The Balaban J connectivity index is 2.28. The lowest BCUT2D eigenvalue weighted by Gasteiger charge is -2.12. The van der Waals surface area contributed by atoms with Gasteiger partial charge in [0.05, 0.1) is 5.02 Å². The minimum Gasteiger partial charge on any atom is -0.326 e. The van der Waals surface area contributed by atoms with Gasteiger partial charge in [-0.3, -0.25) is 4.98 Å². The molecule has 0 aliphatic carbocycles. The van der Waals surface area contributed by atoms with Gasteiger partial charge in [-0.05, 0) is 29.8 Å². The maximum atomic E-state index is 12.3. The molecule has 0 spiro atoms. The molecule has 0 radical (unpaired) electrons. The summed E-state index contributed by atoms with van der Waals surface area (Å²) in [6, 6.07) is 6.27. The summed E-state index contributed by atoms with van der Waals surface area (Å²) in [4.78, 5) is 3.83. The SMILES string of the molecule is NCc1c(Cl)ccc(S(=O)(=O)NCc2ccncc2)c1Cl. The van der Waals surface area contributed by atoms with Gasteiger partial charge < -0.3 is 5.73 Å². The first-order chi connectivity index (χ1) is 9.95. The number of nitrogens with two attached hydrogens (primary N) is 1. The highest BCUT2D eigenvalue weighted by atomic mass is 35.5. The van der Waals surface area contributed by atoms with Gasteiger partial charge in [0.15, 0.2) is 0 Å². The average molecular weight is 346 g/mol. The second-order valence-corrected chi connectivity index (χ2v) is 6.74. The van der Waals surface area contributed by atoms with Crippen LogP contribution in [0.1, 0.15) is 11.1 Å². The molecule has 1 aromatic carbocycles. The molecule has 8 heteroatoms. The number of nitrogens with zero attached hydrogens (tertiary/aromatic N) is 1. The molecule has 0 saturated carbocycles. The molecule has 1 aromatic heterocycles. The molecule has 2 aromatic rings. The third-order valence-electron chi connectivity index (χ3n) is 2.86. The topological polar surface area (TPSA) is 85.1 Å². The molecular formula is C13H13Cl2N3O2S. The van der Waals surface area contributed by atoms with Crippen LogP contribution in [0.3, 0.4) is 0 Å². The van der Waals surface area contributed by atoms with Gasteiger partial charge in [0.2, 0.25) is 10.0 Å². The Labute approximate surface area is 133 Å². The number of sulfonamides is 1. The van der Waals surface area contributed by atoms with Gasteiger partial charge in [-0.1, -0.05) is 23.2 Å². The number of hydrogen-bond acceptors (Lipinski definition) is 4. The van der Waals surface area contributed by atoms with E-state index in [1.807, 2.05) is 0 Å². The Morgan fingerprint density at radius 2 is 1.81 bits per heavy atom. The monoisotopic (exact) mass is 345 g/mol. The van der Waals surface area contributed by atoms with Crippen LogP contribution in [0.4, 0.5) is 0 Å². The summed E-state index contributed by atoms with van der Waals surface area (Å²) in [6.07, 6.45) is 3.18. The molecular weight excluding hydrogens is 333 g/mol. The number of halogens is 2. The molecule has 0 atom stereocenters. The van der Waals surface area contributed by atoms with E-state index >= 15 is 0 Å². The van der Waals surface area contributed by atoms with E-state index in [4.69, 9.17) is 28.9 Å². The molecule has 0 fully saturated rings. The van der Waals surface area contributed by atoms with Gasteiger partial charge in [-0.2, -0.15) is 0 Å². The molecule has 112 valence electrons. The van der Waals surface area contributed by atoms with Gasteiger partial charge in [-0.25, -0.2) is 13.1 Å². The first kappa shape index (κ1) is 16.2. The van der Waals surface area contributed by atoms with Crippen LogP contribution in [0.2, 0.25) is 10.0 Å². The van der Waals surface area contributed by atoms with Crippen molar-refractivity contribution in [3.63, 3.8) is 0 Å². The summed E-state index contributed by atoms with van der Waals surface area (Å²) >= 11 is 12.0. The number of nitrogens with one attached hydrogen (secondary N) is 1. The van der Waals surface area contributed by atoms with Gasteiger partial charge in [0, 0.05) is 36.1 Å². The predicted octanol–water partition coefficient (Wildman–Crippen LogP) is 2.33. The first-order valence-electron chi connectivity index (χ1n) is 6.01. The van der Waals surface area contributed by atoms with Crippen LogP contribution in [-0.4, -0.2) is 13.4 Å². The molecule has 0 aliphatic rings. The fraction of sp³-hybridized carbons (Fsp3) is 0.154. The molecule has 1 heterocycles. The number of rotatable bonds is 5. The standard InChI is InChI=1S/C13H13Cl2N3O2S/c14-11-1-2-12(13(15)10(11)7-16)21(19,20)18-8-9-3-5-17-6-4-9/h1-6,18H,7-8,16H2. The van der Waals surface area contributed by atoms with Gasteiger partial charge in [0.25, 0.3) is 0 Å². The van der Waals surface area contributed by atoms with Crippen molar-refractivity contribution in [3.05, 3.63) is 57.8 Å². The van der Waals surface area contributed by atoms with E-state index < -0.39 is 10.0 Å². The quantitative estimate of drug-likeness (QED) is 0.870. The Hall–Kier alpha value is -1.18. The summed E-state index contributed by atoms with van der Waals surface area (Å²) in [5.74, 6) is 0. The molecule has 0 saturated heterocycles. The summed E-state index contributed by atoms with van der Waals surface area (Å²) in [7, 11) is -3.76. The fourth-order valence-electron chi connectivity index (χ4n) is 1.73. The Kier molecular flexibility index (Phi) is 5.18. The van der Waals surface area contributed by atoms with Crippen molar-refractivity contribution in [2.24, 2.45) is 5.73 Å². The van der Waals surface area contributed by atoms with E-state index in [2.05, 4.69) is 9.71 Å². The molecule has 0 unspecified atom stereocenters. The van der Waals surface area contributed by atoms with Crippen molar-refractivity contribution in [1.29, 1.82) is 0 Å². The number of aromatic nitrogens is 1. The summed E-state index contributed by atoms with van der Waals surface area (Å²) in [6.45, 7) is 0.202. The lowest BCUT2D eigenvalue weighted by Crippen LogP contribution is -2.24. The smallest absolute Gasteiger partial charge is 0.242 e. The Morgan fingerprint density at radius 1 is 1.14 bits per heavy atom. The number of pyridine rings is 1. The van der Waals surface area contributed by atoms with E-state index in [0.717, 1.165) is 5.56 Å². The molecule has 5 nitrogen and oxygen atoms in total. The highest BCUT2D eigenvalue weighted by Crippen LogP contribution is 2.30. The molecule has 2 rings (SSSR count). The zero-order valence-corrected chi connectivity index (χ0v) is 13.2. The van der Waals surface area contributed by atoms with Crippen molar-refractivity contribution in [2.45, 2.75) is 18.0 Å². The zero-order valence-electron chi connectivity index (χ0n) is 10.9. The minimum absolute atomic E-state index is 0.0388. The van der Waals surface area contributed by atoms with Crippen molar-refractivity contribution < 1.29 is 8.42 Å². The van der Waals surface area contributed by atoms with Crippen LogP contribution in [0.15, 0.2) is 41.6 Å². The molecule has 0 aliphatic heterocycles. The van der Waals surface area contributed by atoms with Crippen molar-refractivity contribution in [3.8, 4) is 0 Å². The molecule has 0 amide bonds. The third kappa shape index (κ3) is 3.72. The van der Waals surface area contributed by atoms with Crippen molar-refractivity contribution in [2.75, 3.05) is 0 Å². The maximum absolute atomic E-state index is 12.3. The summed E-state index contributed by atoms with van der Waals surface area (Å²) in [5.41, 5.74) is 6.73. The lowest BCUT2D eigenvalue weighted by molar-refractivity contribution is 0.581. The second kappa shape index (κ2) is 6.72. The van der Waals surface area contributed by atoms with Crippen LogP contribution in [-0.2, 0) is 23.1 Å². The summed E-state index contributed by atoms with van der Waals surface area (Å²) in [5, 5.41) is 0.391. The third-order valence-corrected chi connectivity index (χ3v) is 5.20. The average Bonchev–Trinajstić information content (AvgIpc) is 2.46. The highest BCUT2D eigenvalue weighted by molar-refractivity contribution is 7.89.